The average Bonchev–Trinajstić information content (AvgIpc) is 3.30. The Morgan fingerprint density at radius 2 is 2.11 bits per heavy atom. The molecule has 0 bridgehead atoms. The maximum Gasteiger partial charge on any atom is 0.329 e. The first-order valence-corrected chi connectivity index (χ1v) is 13.0. The molecule has 2 aliphatic rings. The molecule has 3 heterocycles. The van der Waals surface area contributed by atoms with E-state index >= 15 is 0 Å². The van der Waals surface area contributed by atoms with Crippen molar-refractivity contribution in [2.24, 2.45) is 0 Å². The number of anilines is 1. The van der Waals surface area contributed by atoms with Gasteiger partial charge in [-0.2, -0.15) is 5.10 Å². The Morgan fingerprint density at radius 3 is 2.89 bits per heavy atom. The van der Waals surface area contributed by atoms with E-state index < -0.39 is 0 Å². The maximum absolute atomic E-state index is 13.0. The van der Waals surface area contributed by atoms with Crippen LogP contribution >= 0.6 is 11.9 Å². The lowest BCUT2D eigenvalue weighted by molar-refractivity contribution is 0.221. The van der Waals surface area contributed by atoms with Gasteiger partial charge in [0, 0.05) is 54.5 Å². The van der Waals surface area contributed by atoms with Crippen LogP contribution in [0.15, 0.2) is 47.8 Å². The van der Waals surface area contributed by atoms with Crippen LogP contribution in [0.25, 0.3) is 11.1 Å². The summed E-state index contributed by atoms with van der Waals surface area (Å²) in [6, 6.07) is 9.36. The number of pyridine rings is 1. The number of fused-ring (bicyclic) bond motifs is 1. The molecule has 3 aromatic rings. The van der Waals surface area contributed by atoms with E-state index in [1.165, 1.54) is 11.9 Å². The molecule has 9 nitrogen and oxygen atoms in total. The second kappa shape index (κ2) is 10.0. The van der Waals surface area contributed by atoms with Crippen LogP contribution in [0.2, 0.25) is 0 Å². The smallest absolute Gasteiger partial charge is 0.329 e. The molecule has 5 rings (SSSR count). The number of hydrogen-bond donors (Lipinski definition) is 2. The molecule has 1 aliphatic heterocycles. The number of hydrogen-bond acceptors (Lipinski definition) is 7. The first kappa shape index (κ1) is 24.5. The van der Waals surface area contributed by atoms with Gasteiger partial charge in [0.2, 0.25) is 5.88 Å². The van der Waals surface area contributed by atoms with Crippen molar-refractivity contribution >= 4 is 23.7 Å². The van der Waals surface area contributed by atoms with Gasteiger partial charge in [-0.05, 0) is 70.6 Å². The Labute approximate surface area is 215 Å². The van der Waals surface area contributed by atoms with Gasteiger partial charge in [0.15, 0.2) is 0 Å². The Kier molecular flexibility index (Phi) is 6.81. The van der Waals surface area contributed by atoms with Crippen molar-refractivity contribution in [1.29, 1.82) is 0 Å². The molecular formula is C26H32N6O3S. The summed E-state index contributed by atoms with van der Waals surface area (Å²) in [5.74, 6) is 1.40. The molecule has 10 heteroatoms. The highest BCUT2D eigenvalue weighted by atomic mass is 32.2. The zero-order valence-corrected chi connectivity index (χ0v) is 21.9. The molecule has 1 aromatic carbocycles. The Hall–Kier alpha value is -3.24. The predicted octanol–water partition coefficient (Wildman–Crippen LogP) is 4.55. The minimum atomic E-state index is -0.327. The molecule has 0 radical (unpaired) electrons. The lowest BCUT2D eigenvalue weighted by atomic mass is 9.99. The number of likely N-dealkylation sites (N-methyl/N-ethyl adjacent to an activating group) is 1. The zero-order chi connectivity index (χ0) is 25.3. The summed E-state index contributed by atoms with van der Waals surface area (Å²) in [6.07, 6.45) is 6.81. The van der Waals surface area contributed by atoms with Crippen LogP contribution in [-0.4, -0.2) is 59.0 Å². The molecule has 1 aliphatic carbocycles. The van der Waals surface area contributed by atoms with Crippen LogP contribution in [0, 0.1) is 0 Å². The van der Waals surface area contributed by atoms with Crippen LogP contribution < -0.4 is 19.5 Å². The fraction of sp³-hybridized carbons (Fsp3) is 0.423. The predicted molar refractivity (Wildman–Crippen MR) is 141 cm³/mol. The quantitative estimate of drug-likeness (QED) is 0.410. The van der Waals surface area contributed by atoms with Crippen LogP contribution in [0.1, 0.15) is 32.3 Å². The van der Waals surface area contributed by atoms with E-state index in [-0.39, 0.29) is 17.7 Å². The van der Waals surface area contributed by atoms with Crippen molar-refractivity contribution in [3.05, 3.63) is 48.3 Å². The van der Waals surface area contributed by atoms with E-state index in [4.69, 9.17) is 9.47 Å². The molecule has 0 unspecified atom stereocenters. The van der Waals surface area contributed by atoms with Gasteiger partial charge in [-0.15, -0.1) is 0 Å². The van der Waals surface area contributed by atoms with Gasteiger partial charge >= 0.3 is 6.03 Å². The molecule has 2 aromatic heterocycles. The normalized spacial score (nSPS) is 14.9. The fourth-order valence-corrected chi connectivity index (χ4v) is 4.95. The summed E-state index contributed by atoms with van der Waals surface area (Å²) >= 11 is 1.19. The number of aromatic nitrogens is 3. The molecule has 1 fully saturated rings. The summed E-state index contributed by atoms with van der Waals surface area (Å²) in [4.78, 5) is 19.4. The van der Waals surface area contributed by atoms with Crippen molar-refractivity contribution in [3.63, 3.8) is 0 Å². The number of ether oxygens (including phenoxy) is 2. The summed E-state index contributed by atoms with van der Waals surface area (Å²) in [7, 11) is 4.08. The van der Waals surface area contributed by atoms with E-state index in [1.807, 2.05) is 55.3 Å². The Balaban J connectivity index is 1.31. The number of benzene rings is 1. The number of nitrogens with zero attached hydrogens (tertiary/aromatic N) is 4. The third kappa shape index (κ3) is 5.60. The van der Waals surface area contributed by atoms with Crippen molar-refractivity contribution in [2.75, 3.05) is 32.6 Å². The van der Waals surface area contributed by atoms with Gasteiger partial charge in [-0.1, -0.05) is 0 Å². The third-order valence-corrected chi connectivity index (χ3v) is 6.83. The number of carbonyl (C=O) groups is 1. The van der Waals surface area contributed by atoms with Crippen LogP contribution in [-0.2, 0) is 12.0 Å². The third-order valence-electron chi connectivity index (χ3n) is 6.11. The molecule has 2 amide bonds. The van der Waals surface area contributed by atoms with Crippen LogP contribution in [0.3, 0.4) is 0 Å². The van der Waals surface area contributed by atoms with Gasteiger partial charge in [0.25, 0.3) is 0 Å². The standard InChI is InChI=1S/C26H32N6O3S/c1-26(2,16-31(3)4)32-13-10-23(29-32)36-30-25(33)28-24-19(7-8-21-20(24)11-14-34-21)17-9-12-27-22(15-17)35-18-5-6-18/h7-10,12-13,15,18H,5-6,11,14,16H2,1-4H3,(H2,28,30,33). The maximum atomic E-state index is 13.0. The summed E-state index contributed by atoms with van der Waals surface area (Å²) in [6.45, 7) is 5.71. The second-order valence-electron chi connectivity index (χ2n) is 10.1. The molecule has 36 heavy (non-hydrogen) atoms. The van der Waals surface area contributed by atoms with E-state index in [0.29, 0.717) is 12.5 Å². The number of rotatable bonds is 9. The Morgan fingerprint density at radius 1 is 1.28 bits per heavy atom. The van der Waals surface area contributed by atoms with Crippen LogP contribution in [0.5, 0.6) is 11.6 Å². The topological polar surface area (TPSA) is 93.5 Å². The monoisotopic (exact) mass is 508 g/mol. The second-order valence-corrected chi connectivity index (χ2v) is 10.9. The highest BCUT2D eigenvalue weighted by Crippen LogP contribution is 2.40. The highest BCUT2D eigenvalue weighted by molar-refractivity contribution is 7.97. The molecule has 0 saturated heterocycles. The molecule has 0 atom stereocenters. The average molecular weight is 509 g/mol. The van der Waals surface area contributed by atoms with E-state index in [9.17, 15) is 4.79 Å². The van der Waals surface area contributed by atoms with Crippen molar-refractivity contribution in [1.82, 2.24) is 24.4 Å². The summed E-state index contributed by atoms with van der Waals surface area (Å²) < 4.78 is 16.4. The largest absolute Gasteiger partial charge is 0.493 e. The van der Waals surface area contributed by atoms with Crippen molar-refractivity contribution in [2.45, 2.75) is 49.8 Å². The van der Waals surface area contributed by atoms with Crippen molar-refractivity contribution < 1.29 is 14.3 Å². The summed E-state index contributed by atoms with van der Waals surface area (Å²) in [5.41, 5.74) is 3.39. The Bertz CT molecular complexity index is 1250. The fourth-order valence-electron chi connectivity index (χ4n) is 4.44. The lowest BCUT2D eigenvalue weighted by Gasteiger charge is -2.28. The van der Waals surface area contributed by atoms with Gasteiger partial charge in [-0.3, -0.25) is 9.40 Å². The van der Waals surface area contributed by atoms with Gasteiger partial charge in [-0.25, -0.2) is 9.78 Å². The summed E-state index contributed by atoms with van der Waals surface area (Å²) in [5, 5.41) is 8.42. The first-order valence-electron chi connectivity index (χ1n) is 12.1. The van der Waals surface area contributed by atoms with E-state index in [2.05, 4.69) is 38.9 Å². The minimum absolute atomic E-state index is 0.170. The number of amides is 2. The first-order chi connectivity index (χ1) is 17.3. The SMILES string of the molecule is CN(C)CC(C)(C)n1ccc(SNC(=O)Nc2c(-c3ccnc(OC4CC4)c3)ccc3c2CCO3)n1. The molecule has 2 N–H and O–H groups in total. The van der Waals surface area contributed by atoms with E-state index in [0.717, 1.165) is 59.0 Å². The van der Waals surface area contributed by atoms with Crippen LogP contribution in [0.4, 0.5) is 10.5 Å². The van der Waals surface area contributed by atoms with Gasteiger partial charge in [0.1, 0.15) is 16.9 Å². The van der Waals surface area contributed by atoms with E-state index in [1.54, 1.807) is 6.20 Å². The lowest BCUT2D eigenvalue weighted by Crippen LogP contribution is -2.38. The van der Waals surface area contributed by atoms with Gasteiger partial charge in [0.05, 0.1) is 17.8 Å². The molecule has 0 spiro atoms. The van der Waals surface area contributed by atoms with Gasteiger partial charge < -0.3 is 19.7 Å². The highest BCUT2D eigenvalue weighted by Gasteiger charge is 2.26. The number of urea groups is 1. The van der Waals surface area contributed by atoms with Crippen molar-refractivity contribution in [3.8, 4) is 22.8 Å². The molecular weight excluding hydrogens is 476 g/mol. The zero-order valence-electron chi connectivity index (χ0n) is 21.1. The number of nitrogens with one attached hydrogen (secondary N) is 2. The molecule has 190 valence electrons. The number of carbonyl (C=O) groups excluding carboxylic acids is 1. The minimum Gasteiger partial charge on any atom is -0.493 e. The molecule has 1 saturated carbocycles.